The molecule has 2 heteroatoms. The van der Waals surface area contributed by atoms with Gasteiger partial charge in [-0.1, -0.05) is 23.8 Å². The lowest BCUT2D eigenvalue weighted by Gasteiger charge is -2.22. The molecule has 0 aromatic heterocycles. The second-order valence-corrected chi connectivity index (χ2v) is 5.31. The highest BCUT2D eigenvalue weighted by atomic mass is 16.5. The van der Waals surface area contributed by atoms with Gasteiger partial charge in [0.2, 0.25) is 0 Å². The molecule has 1 heterocycles. The fourth-order valence-corrected chi connectivity index (χ4v) is 3.11. The maximum absolute atomic E-state index is 5.44. The van der Waals surface area contributed by atoms with Gasteiger partial charge in [0.15, 0.2) is 0 Å². The Kier molecular flexibility index (Phi) is 3.37. The molecule has 1 aliphatic heterocycles. The molecule has 1 aromatic carbocycles. The third-order valence-electron chi connectivity index (χ3n) is 4.07. The third-order valence-corrected chi connectivity index (χ3v) is 4.07. The van der Waals surface area contributed by atoms with E-state index in [9.17, 15) is 0 Å². The highest BCUT2D eigenvalue weighted by Crippen LogP contribution is 2.31. The summed E-state index contributed by atoms with van der Waals surface area (Å²) in [5.74, 6) is 1.05. The molecule has 0 amide bonds. The van der Waals surface area contributed by atoms with Crippen molar-refractivity contribution in [3.63, 3.8) is 0 Å². The van der Waals surface area contributed by atoms with E-state index >= 15 is 0 Å². The first-order valence-corrected chi connectivity index (χ1v) is 6.94. The minimum Gasteiger partial charge on any atom is -0.496 e. The fourth-order valence-electron chi connectivity index (χ4n) is 3.11. The third kappa shape index (κ3) is 2.30. The van der Waals surface area contributed by atoms with Crippen molar-refractivity contribution in [1.29, 1.82) is 0 Å². The van der Waals surface area contributed by atoms with E-state index in [0.717, 1.165) is 18.7 Å². The van der Waals surface area contributed by atoms with Gasteiger partial charge in [0.25, 0.3) is 0 Å². The Labute approximate surface area is 109 Å². The van der Waals surface area contributed by atoms with Crippen molar-refractivity contribution < 1.29 is 4.74 Å². The van der Waals surface area contributed by atoms with Crippen LogP contribution in [0.2, 0.25) is 0 Å². The second-order valence-electron chi connectivity index (χ2n) is 5.31. The molecule has 2 nitrogen and oxygen atoms in total. The van der Waals surface area contributed by atoms with E-state index in [-0.39, 0.29) is 0 Å². The average Bonchev–Trinajstić information content (AvgIpc) is 2.90. The molecule has 1 fully saturated rings. The normalized spacial score (nSPS) is 19.5. The SMILES string of the molecule is COc1cccc2c1CCC(CN1CCCC1)=C2. The van der Waals surface area contributed by atoms with Crippen molar-refractivity contribution in [2.24, 2.45) is 0 Å². The molecule has 0 unspecified atom stereocenters. The van der Waals surface area contributed by atoms with Gasteiger partial charge in [-0.3, -0.25) is 4.90 Å². The van der Waals surface area contributed by atoms with Crippen LogP contribution in [0.1, 0.15) is 30.4 Å². The number of methoxy groups -OCH3 is 1. The Balaban J connectivity index is 1.80. The number of likely N-dealkylation sites (tertiary alicyclic amines) is 1. The summed E-state index contributed by atoms with van der Waals surface area (Å²) in [6.45, 7) is 3.72. The minimum absolute atomic E-state index is 1.05. The molecule has 1 aliphatic carbocycles. The van der Waals surface area contributed by atoms with Gasteiger partial charge < -0.3 is 4.74 Å². The minimum atomic E-state index is 1.05. The number of fused-ring (bicyclic) bond motifs is 1. The first kappa shape index (κ1) is 11.8. The van der Waals surface area contributed by atoms with Gasteiger partial charge in [0.1, 0.15) is 5.75 Å². The summed E-state index contributed by atoms with van der Waals surface area (Å²) in [6, 6.07) is 6.37. The van der Waals surface area contributed by atoms with Gasteiger partial charge in [-0.25, -0.2) is 0 Å². The molecule has 0 radical (unpaired) electrons. The average molecular weight is 243 g/mol. The lowest BCUT2D eigenvalue weighted by atomic mass is 9.91. The van der Waals surface area contributed by atoms with Crippen LogP contribution in [0.15, 0.2) is 23.8 Å². The Hall–Kier alpha value is -1.28. The fraction of sp³-hybridized carbons (Fsp3) is 0.500. The summed E-state index contributed by atoms with van der Waals surface area (Å²) in [5.41, 5.74) is 4.32. The van der Waals surface area contributed by atoms with Crippen LogP contribution in [0.5, 0.6) is 5.75 Å². The Morgan fingerprint density at radius 2 is 2.00 bits per heavy atom. The van der Waals surface area contributed by atoms with Crippen LogP contribution in [0.3, 0.4) is 0 Å². The van der Waals surface area contributed by atoms with Crippen molar-refractivity contribution in [2.75, 3.05) is 26.7 Å². The highest BCUT2D eigenvalue weighted by molar-refractivity contribution is 5.63. The van der Waals surface area contributed by atoms with Crippen LogP contribution in [0, 0.1) is 0 Å². The van der Waals surface area contributed by atoms with Crippen molar-refractivity contribution in [3.8, 4) is 5.75 Å². The largest absolute Gasteiger partial charge is 0.496 e. The number of benzene rings is 1. The molecule has 0 saturated carbocycles. The molecule has 0 atom stereocenters. The molecular weight excluding hydrogens is 222 g/mol. The predicted molar refractivity (Wildman–Crippen MR) is 75.0 cm³/mol. The number of nitrogens with zero attached hydrogens (tertiary/aromatic N) is 1. The summed E-state index contributed by atoms with van der Waals surface area (Å²) >= 11 is 0. The summed E-state index contributed by atoms with van der Waals surface area (Å²) in [7, 11) is 1.76. The van der Waals surface area contributed by atoms with Crippen LogP contribution in [-0.4, -0.2) is 31.6 Å². The van der Waals surface area contributed by atoms with E-state index in [1.54, 1.807) is 12.7 Å². The maximum atomic E-state index is 5.44. The first-order valence-electron chi connectivity index (χ1n) is 6.94. The lowest BCUT2D eigenvalue weighted by Crippen LogP contribution is -2.23. The first-order chi connectivity index (χ1) is 8.86. The molecular formula is C16H21NO. The van der Waals surface area contributed by atoms with Crippen molar-refractivity contribution >= 4 is 6.08 Å². The van der Waals surface area contributed by atoms with Gasteiger partial charge in [-0.15, -0.1) is 0 Å². The van der Waals surface area contributed by atoms with E-state index in [0.29, 0.717) is 0 Å². The smallest absolute Gasteiger partial charge is 0.122 e. The summed E-state index contributed by atoms with van der Waals surface area (Å²) in [6.07, 6.45) is 7.43. The maximum Gasteiger partial charge on any atom is 0.122 e. The van der Waals surface area contributed by atoms with E-state index < -0.39 is 0 Å². The Bertz CT molecular complexity index is 458. The topological polar surface area (TPSA) is 12.5 Å². The number of rotatable bonds is 3. The van der Waals surface area contributed by atoms with E-state index in [1.807, 2.05) is 0 Å². The summed E-state index contributed by atoms with van der Waals surface area (Å²) in [5, 5.41) is 0. The Morgan fingerprint density at radius 3 is 2.78 bits per heavy atom. The molecule has 3 rings (SSSR count). The van der Waals surface area contributed by atoms with Crippen LogP contribution < -0.4 is 4.74 Å². The molecule has 0 N–H and O–H groups in total. The zero-order chi connectivity index (χ0) is 12.4. The molecule has 0 bridgehead atoms. The zero-order valence-corrected chi connectivity index (χ0v) is 11.1. The van der Waals surface area contributed by atoms with Gasteiger partial charge in [-0.2, -0.15) is 0 Å². The molecule has 1 saturated heterocycles. The van der Waals surface area contributed by atoms with Crippen LogP contribution in [0.4, 0.5) is 0 Å². The summed E-state index contributed by atoms with van der Waals surface area (Å²) in [4.78, 5) is 2.58. The van der Waals surface area contributed by atoms with Gasteiger partial charge in [-0.05, 0) is 50.4 Å². The molecule has 0 spiro atoms. The van der Waals surface area contributed by atoms with Crippen molar-refractivity contribution in [3.05, 3.63) is 34.9 Å². The van der Waals surface area contributed by atoms with Crippen molar-refractivity contribution in [1.82, 2.24) is 4.90 Å². The number of ether oxygens (including phenoxy) is 1. The summed E-state index contributed by atoms with van der Waals surface area (Å²) < 4.78 is 5.44. The van der Waals surface area contributed by atoms with Crippen molar-refractivity contribution in [2.45, 2.75) is 25.7 Å². The standard InChI is InChI=1S/C16H21NO/c1-18-16-6-4-5-14-11-13(7-8-15(14)16)12-17-9-2-3-10-17/h4-6,11H,2-3,7-10,12H2,1H3. The van der Waals surface area contributed by atoms with Gasteiger partial charge >= 0.3 is 0 Å². The van der Waals surface area contributed by atoms with E-state index in [4.69, 9.17) is 4.74 Å². The monoisotopic (exact) mass is 243 g/mol. The second kappa shape index (κ2) is 5.15. The molecule has 18 heavy (non-hydrogen) atoms. The van der Waals surface area contributed by atoms with Crippen LogP contribution >= 0.6 is 0 Å². The molecule has 2 aliphatic rings. The predicted octanol–water partition coefficient (Wildman–Crippen LogP) is 3.12. The van der Waals surface area contributed by atoms with Gasteiger partial charge in [0.05, 0.1) is 7.11 Å². The quantitative estimate of drug-likeness (QED) is 0.808. The van der Waals surface area contributed by atoms with Crippen LogP contribution in [-0.2, 0) is 6.42 Å². The molecule has 1 aromatic rings. The lowest BCUT2D eigenvalue weighted by molar-refractivity contribution is 0.364. The van der Waals surface area contributed by atoms with Crippen LogP contribution in [0.25, 0.3) is 6.08 Å². The highest BCUT2D eigenvalue weighted by Gasteiger charge is 2.17. The number of hydrogen-bond donors (Lipinski definition) is 0. The van der Waals surface area contributed by atoms with E-state index in [1.165, 1.54) is 43.5 Å². The number of hydrogen-bond acceptors (Lipinski definition) is 2. The Morgan fingerprint density at radius 1 is 1.17 bits per heavy atom. The van der Waals surface area contributed by atoms with Gasteiger partial charge in [0, 0.05) is 12.1 Å². The zero-order valence-electron chi connectivity index (χ0n) is 11.1. The molecule has 96 valence electrons. The van der Waals surface area contributed by atoms with E-state index in [2.05, 4.69) is 29.2 Å².